The number of aliphatic hydroxyl groups excluding tert-OH is 1. The van der Waals surface area contributed by atoms with Gasteiger partial charge in [0.1, 0.15) is 11.5 Å². The van der Waals surface area contributed by atoms with Crippen LogP contribution in [0.1, 0.15) is 12.8 Å². The van der Waals surface area contributed by atoms with Crippen molar-refractivity contribution in [2.24, 2.45) is 5.92 Å². The van der Waals surface area contributed by atoms with E-state index < -0.39 is 0 Å². The van der Waals surface area contributed by atoms with Crippen LogP contribution in [0.4, 0.5) is 5.69 Å². The second-order valence-electron chi connectivity index (χ2n) is 5.13. The lowest BCUT2D eigenvalue weighted by Gasteiger charge is -2.34. The molecule has 116 valence electrons. The van der Waals surface area contributed by atoms with E-state index in [4.69, 9.17) is 21.7 Å². The van der Waals surface area contributed by atoms with E-state index in [0.29, 0.717) is 16.8 Å². The zero-order valence-electron chi connectivity index (χ0n) is 12.5. The Kier molecular flexibility index (Phi) is 5.64. The molecule has 1 heterocycles. The predicted molar refractivity (Wildman–Crippen MR) is 87.1 cm³/mol. The van der Waals surface area contributed by atoms with Crippen LogP contribution >= 0.6 is 12.2 Å². The first kappa shape index (κ1) is 15.9. The molecule has 2 rings (SSSR count). The van der Waals surface area contributed by atoms with Gasteiger partial charge in [0.05, 0.1) is 19.9 Å². The number of hydrogen-bond donors (Lipinski definition) is 2. The SMILES string of the molecule is COc1ccc(OC)c(NC(=S)N2CCC[C@@H](CO)C2)c1. The Labute approximate surface area is 130 Å². The fourth-order valence-electron chi connectivity index (χ4n) is 2.50. The number of thiocarbonyl (C=S) groups is 1. The first-order valence-corrected chi connectivity index (χ1v) is 7.47. The maximum Gasteiger partial charge on any atom is 0.173 e. The van der Waals surface area contributed by atoms with Crippen LogP contribution in [-0.4, -0.2) is 49.0 Å². The summed E-state index contributed by atoms with van der Waals surface area (Å²) in [5, 5.41) is 13.2. The third-order valence-electron chi connectivity index (χ3n) is 3.71. The van der Waals surface area contributed by atoms with E-state index in [-0.39, 0.29) is 6.61 Å². The number of nitrogens with zero attached hydrogens (tertiary/aromatic N) is 1. The highest BCUT2D eigenvalue weighted by Gasteiger charge is 2.21. The Bertz CT molecular complexity index is 496. The lowest BCUT2D eigenvalue weighted by Crippen LogP contribution is -2.43. The van der Waals surface area contributed by atoms with Crippen molar-refractivity contribution in [3.63, 3.8) is 0 Å². The zero-order valence-corrected chi connectivity index (χ0v) is 13.3. The van der Waals surface area contributed by atoms with E-state index >= 15 is 0 Å². The average molecular weight is 310 g/mol. The molecule has 1 aliphatic heterocycles. The van der Waals surface area contributed by atoms with Crippen molar-refractivity contribution in [2.45, 2.75) is 12.8 Å². The zero-order chi connectivity index (χ0) is 15.2. The summed E-state index contributed by atoms with van der Waals surface area (Å²) in [6.07, 6.45) is 2.10. The molecule has 0 radical (unpaired) electrons. The first-order valence-electron chi connectivity index (χ1n) is 7.06. The molecule has 0 unspecified atom stereocenters. The Balaban J connectivity index is 2.08. The van der Waals surface area contributed by atoms with Crippen LogP contribution < -0.4 is 14.8 Å². The van der Waals surface area contributed by atoms with E-state index in [9.17, 15) is 5.11 Å². The highest BCUT2D eigenvalue weighted by Crippen LogP contribution is 2.29. The fourth-order valence-corrected chi connectivity index (χ4v) is 2.78. The number of likely N-dealkylation sites (tertiary alicyclic amines) is 1. The Morgan fingerprint density at radius 2 is 2.24 bits per heavy atom. The standard InChI is InChI=1S/C15H22N2O3S/c1-19-12-5-6-14(20-2)13(8-12)16-15(21)17-7-3-4-11(9-17)10-18/h5-6,8,11,18H,3-4,7,9-10H2,1-2H3,(H,16,21)/t11-/m1/s1. The number of rotatable bonds is 4. The molecule has 1 atom stereocenters. The van der Waals surface area contributed by atoms with Crippen molar-refractivity contribution in [3.8, 4) is 11.5 Å². The summed E-state index contributed by atoms with van der Waals surface area (Å²) >= 11 is 5.48. The van der Waals surface area contributed by atoms with Crippen LogP contribution in [-0.2, 0) is 0 Å². The molecule has 0 bridgehead atoms. The topological polar surface area (TPSA) is 54.0 Å². The largest absolute Gasteiger partial charge is 0.497 e. The summed E-state index contributed by atoms with van der Waals surface area (Å²) in [5.74, 6) is 1.76. The summed E-state index contributed by atoms with van der Waals surface area (Å²) < 4.78 is 10.6. The molecule has 0 aromatic heterocycles. The molecule has 1 aliphatic rings. The fraction of sp³-hybridized carbons (Fsp3) is 0.533. The molecule has 0 amide bonds. The van der Waals surface area contributed by atoms with Gasteiger partial charge in [0, 0.05) is 25.8 Å². The molecule has 1 aromatic carbocycles. The van der Waals surface area contributed by atoms with E-state index in [2.05, 4.69) is 10.2 Å². The molecule has 1 aromatic rings. The van der Waals surface area contributed by atoms with Gasteiger partial charge in [0.15, 0.2) is 5.11 Å². The van der Waals surface area contributed by atoms with Crippen LogP contribution in [0.5, 0.6) is 11.5 Å². The first-order chi connectivity index (χ1) is 10.2. The smallest absolute Gasteiger partial charge is 0.173 e. The van der Waals surface area contributed by atoms with Gasteiger partial charge in [-0.25, -0.2) is 0 Å². The van der Waals surface area contributed by atoms with Gasteiger partial charge in [-0.3, -0.25) is 0 Å². The number of hydrogen-bond acceptors (Lipinski definition) is 4. The van der Waals surface area contributed by atoms with Crippen molar-refractivity contribution in [3.05, 3.63) is 18.2 Å². The maximum absolute atomic E-state index is 9.30. The molecule has 1 fully saturated rings. The molecular weight excluding hydrogens is 288 g/mol. The third-order valence-corrected chi connectivity index (χ3v) is 4.07. The van der Waals surface area contributed by atoms with E-state index in [1.807, 2.05) is 18.2 Å². The molecule has 0 aliphatic carbocycles. The quantitative estimate of drug-likeness (QED) is 0.831. The molecule has 0 saturated carbocycles. The minimum absolute atomic E-state index is 0.210. The van der Waals surface area contributed by atoms with Gasteiger partial charge in [0.2, 0.25) is 0 Å². The van der Waals surface area contributed by atoms with Gasteiger partial charge >= 0.3 is 0 Å². The number of ether oxygens (including phenoxy) is 2. The minimum Gasteiger partial charge on any atom is -0.497 e. The third kappa shape index (κ3) is 3.98. The summed E-state index contributed by atoms with van der Waals surface area (Å²) in [4.78, 5) is 2.10. The summed E-state index contributed by atoms with van der Waals surface area (Å²) in [7, 11) is 3.25. The lowest BCUT2D eigenvalue weighted by atomic mass is 9.99. The normalized spacial score (nSPS) is 18.2. The minimum atomic E-state index is 0.210. The van der Waals surface area contributed by atoms with Gasteiger partial charge in [-0.15, -0.1) is 0 Å². The summed E-state index contributed by atoms with van der Waals surface area (Å²) in [6.45, 7) is 1.91. The lowest BCUT2D eigenvalue weighted by molar-refractivity contribution is 0.162. The number of piperidine rings is 1. The molecule has 2 N–H and O–H groups in total. The van der Waals surface area contributed by atoms with Gasteiger partial charge in [-0.1, -0.05) is 0 Å². The summed E-state index contributed by atoms with van der Waals surface area (Å²) in [5.41, 5.74) is 0.785. The number of aliphatic hydroxyl groups is 1. The second-order valence-corrected chi connectivity index (χ2v) is 5.52. The number of anilines is 1. The molecule has 0 spiro atoms. The van der Waals surface area contributed by atoms with Crippen molar-refractivity contribution in [2.75, 3.05) is 39.2 Å². The highest BCUT2D eigenvalue weighted by atomic mass is 32.1. The predicted octanol–water partition coefficient (Wildman–Crippen LogP) is 2.10. The van der Waals surface area contributed by atoms with Gasteiger partial charge in [0.25, 0.3) is 0 Å². The molecule has 6 heteroatoms. The van der Waals surface area contributed by atoms with E-state index in [1.165, 1.54) is 0 Å². The number of methoxy groups -OCH3 is 2. The van der Waals surface area contributed by atoms with E-state index in [1.54, 1.807) is 14.2 Å². The van der Waals surface area contributed by atoms with Gasteiger partial charge < -0.3 is 24.8 Å². The number of nitrogens with one attached hydrogen (secondary N) is 1. The van der Waals surface area contributed by atoms with Crippen molar-refractivity contribution in [1.82, 2.24) is 4.90 Å². The monoisotopic (exact) mass is 310 g/mol. The average Bonchev–Trinajstić information content (AvgIpc) is 2.54. The van der Waals surface area contributed by atoms with Crippen LogP contribution in [0.25, 0.3) is 0 Å². The Morgan fingerprint density at radius 1 is 1.43 bits per heavy atom. The van der Waals surface area contributed by atoms with Crippen LogP contribution in [0.2, 0.25) is 0 Å². The Hall–Kier alpha value is -1.53. The molecular formula is C15H22N2O3S. The number of benzene rings is 1. The van der Waals surface area contributed by atoms with Crippen LogP contribution in [0.15, 0.2) is 18.2 Å². The maximum atomic E-state index is 9.30. The Morgan fingerprint density at radius 3 is 2.90 bits per heavy atom. The van der Waals surface area contributed by atoms with Crippen LogP contribution in [0, 0.1) is 5.92 Å². The molecule has 1 saturated heterocycles. The van der Waals surface area contributed by atoms with Crippen molar-refractivity contribution < 1.29 is 14.6 Å². The second kappa shape index (κ2) is 7.47. The van der Waals surface area contributed by atoms with Crippen LogP contribution in [0.3, 0.4) is 0 Å². The molecule has 5 nitrogen and oxygen atoms in total. The summed E-state index contributed by atoms with van der Waals surface area (Å²) in [6, 6.07) is 5.55. The van der Waals surface area contributed by atoms with Gasteiger partial charge in [-0.05, 0) is 43.1 Å². The van der Waals surface area contributed by atoms with E-state index in [0.717, 1.165) is 37.4 Å². The van der Waals surface area contributed by atoms with Crippen molar-refractivity contribution in [1.29, 1.82) is 0 Å². The van der Waals surface area contributed by atoms with Gasteiger partial charge in [-0.2, -0.15) is 0 Å². The highest BCUT2D eigenvalue weighted by molar-refractivity contribution is 7.80. The molecule has 21 heavy (non-hydrogen) atoms. The van der Waals surface area contributed by atoms with Crippen molar-refractivity contribution >= 4 is 23.0 Å².